The molecule has 0 saturated heterocycles. The summed E-state index contributed by atoms with van der Waals surface area (Å²) in [4.78, 5) is 0. The number of aryl methyl sites for hydroxylation is 1. The van der Waals surface area contributed by atoms with Crippen molar-refractivity contribution in [1.29, 1.82) is 0 Å². The standard InChI is InChI=1S/C12H20ClN3/c1-3-11-14-15-12(13)16(11)10-6-4-5-9(2)7-8-10/h9-10H,3-8H2,1-2H3. The second kappa shape index (κ2) is 5.17. The van der Waals surface area contributed by atoms with Gasteiger partial charge in [0, 0.05) is 12.5 Å². The Morgan fingerprint density at radius 2 is 2.06 bits per heavy atom. The first-order valence-electron chi connectivity index (χ1n) is 6.31. The van der Waals surface area contributed by atoms with Gasteiger partial charge in [-0.05, 0) is 36.8 Å². The lowest BCUT2D eigenvalue weighted by Gasteiger charge is -2.18. The zero-order valence-electron chi connectivity index (χ0n) is 10.1. The molecule has 0 aromatic carbocycles. The van der Waals surface area contributed by atoms with E-state index in [0.29, 0.717) is 11.3 Å². The molecule has 1 aromatic rings. The van der Waals surface area contributed by atoms with Crippen LogP contribution in [0.25, 0.3) is 0 Å². The fourth-order valence-electron chi connectivity index (χ4n) is 2.63. The lowest BCUT2D eigenvalue weighted by molar-refractivity contribution is 0.421. The number of nitrogens with zero attached hydrogens (tertiary/aromatic N) is 3. The molecule has 1 aliphatic carbocycles. The van der Waals surface area contributed by atoms with Gasteiger partial charge in [0.2, 0.25) is 5.28 Å². The van der Waals surface area contributed by atoms with Crippen LogP contribution in [0.2, 0.25) is 5.28 Å². The van der Waals surface area contributed by atoms with Crippen molar-refractivity contribution < 1.29 is 0 Å². The zero-order valence-corrected chi connectivity index (χ0v) is 10.9. The van der Waals surface area contributed by atoms with Gasteiger partial charge < -0.3 is 0 Å². The minimum Gasteiger partial charge on any atom is -0.299 e. The Kier molecular flexibility index (Phi) is 3.85. The average Bonchev–Trinajstić information content (AvgIpc) is 2.51. The van der Waals surface area contributed by atoms with Gasteiger partial charge in [-0.3, -0.25) is 4.57 Å². The van der Waals surface area contributed by atoms with Crippen LogP contribution in [0.3, 0.4) is 0 Å². The molecule has 0 amide bonds. The Balaban J connectivity index is 2.18. The van der Waals surface area contributed by atoms with Crippen LogP contribution < -0.4 is 0 Å². The third-order valence-corrected chi connectivity index (χ3v) is 3.89. The van der Waals surface area contributed by atoms with Crippen molar-refractivity contribution in [2.24, 2.45) is 5.92 Å². The highest BCUT2D eigenvalue weighted by Crippen LogP contribution is 2.32. The molecule has 0 N–H and O–H groups in total. The van der Waals surface area contributed by atoms with Crippen LogP contribution in [0.15, 0.2) is 0 Å². The Hall–Kier alpha value is -0.570. The van der Waals surface area contributed by atoms with Crippen LogP contribution in [0, 0.1) is 5.92 Å². The molecule has 0 aliphatic heterocycles. The number of hydrogen-bond acceptors (Lipinski definition) is 2. The quantitative estimate of drug-likeness (QED) is 0.741. The van der Waals surface area contributed by atoms with Gasteiger partial charge in [0.1, 0.15) is 5.82 Å². The van der Waals surface area contributed by atoms with Gasteiger partial charge in [0.15, 0.2) is 0 Å². The predicted octanol–water partition coefficient (Wildman–Crippen LogP) is 3.64. The van der Waals surface area contributed by atoms with E-state index in [-0.39, 0.29) is 0 Å². The smallest absolute Gasteiger partial charge is 0.225 e. The first-order chi connectivity index (χ1) is 7.72. The van der Waals surface area contributed by atoms with Crippen LogP contribution in [0.4, 0.5) is 0 Å². The zero-order chi connectivity index (χ0) is 11.5. The normalized spacial score (nSPS) is 26.7. The highest BCUT2D eigenvalue weighted by Gasteiger charge is 2.22. The van der Waals surface area contributed by atoms with E-state index in [4.69, 9.17) is 11.6 Å². The third-order valence-electron chi connectivity index (χ3n) is 3.63. The summed E-state index contributed by atoms with van der Waals surface area (Å²) >= 11 is 6.14. The molecule has 0 radical (unpaired) electrons. The fraction of sp³-hybridized carbons (Fsp3) is 0.833. The van der Waals surface area contributed by atoms with Gasteiger partial charge >= 0.3 is 0 Å². The van der Waals surface area contributed by atoms with Crippen molar-refractivity contribution in [3.8, 4) is 0 Å². The van der Waals surface area contributed by atoms with E-state index >= 15 is 0 Å². The van der Waals surface area contributed by atoms with Crippen molar-refractivity contribution in [2.45, 2.75) is 58.4 Å². The van der Waals surface area contributed by atoms with E-state index in [2.05, 4.69) is 28.6 Å². The molecule has 1 fully saturated rings. The van der Waals surface area contributed by atoms with Gasteiger partial charge in [-0.1, -0.05) is 26.7 Å². The van der Waals surface area contributed by atoms with Gasteiger partial charge in [-0.15, -0.1) is 10.2 Å². The number of aromatic nitrogens is 3. The maximum Gasteiger partial charge on any atom is 0.225 e. The highest BCUT2D eigenvalue weighted by atomic mass is 35.5. The summed E-state index contributed by atoms with van der Waals surface area (Å²) in [6.45, 7) is 4.45. The van der Waals surface area contributed by atoms with E-state index in [1.165, 1.54) is 32.1 Å². The van der Waals surface area contributed by atoms with Crippen LogP contribution in [0.1, 0.15) is 57.8 Å². The van der Waals surface area contributed by atoms with Crippen molar-refractivity contribution >= 4 is 11.6 Å². The van der Waals surface area contributed by atoms with Gasteiger partial charge in [0.25, 0.3) is 0 Å². The molecule has 0 bridgehead atoms. The van der Waals surface area contributed by atoms with Crippen molar-refractivity contribution in [1.82, 2.24) is 14.8 Å². The molecule has 2 atom stereocenters. The Bertz CT molecular complexity index is 348. The Morgan fingerprint density at radius 1 is 1.25 bits per heavy atom. The molecule has 16 heavy (non-hydrogen) atoms. The number of halogens is 1. The molecule has 2 rings (SSSR count). The van der Waals surface area contributed by atoms with E-state index in [9.17, 15) is 0 Å². The molecule has 4 heteroatoms. The molecular formula is C12H20ClN3. The first-order valence-corrected chi connectivity index (χ1v) is 6.69. The summed E-state index contributed by atoms with van der Waals surface area (Å²) in [7, 11) is 0. The predicted molar refractivity (Wildman–Crippen MR) is 65.7 cm³/mol. The van der Waals surface area contributed by atoms with E-state index in [1.54, 1.807) is 0 Å². The van der Waals surface area contributed by atoms with Crippen molar-refractivity contribution in [3.05, 3.63) is 11.1 Å². The minimum absolute atomic E-state index is 0.516. The SMILES string of the molecule is CCc1nnc(Cl)n1C1CCCC(C)CC1. The molecule has 1 aliphatic rings. The summed E-state index contributed by atoms with van der Waals surface area (Å²) < 4.78 is 2.15. The van der Waals surface area contributed by atoms with Gasteiger partial charge in [-0.2, -0.15) is 0 Å². The van der Waals surface area contributed by atoms with Crippen molar-refractivity contribution in [3.63, 3.8) is 0 Å². The molecule has 2 unspecified atom stereocenters. The number of hydrogen-bond donors (Lipinski definition) is 0. The molecule has 90 valence electrons. The van der Waals surface area contributed by atoms with Crippen LogP contribution in [-0.2, 0) is 6.42 Å². The molecule has 0 spiro atoms. The second-order valence-electron chi connectivity index (χ2n) is 4.88. The van der Waals surface area contributed by atoms with Crippen LogP contribution in [0.5, 0.6) is 0 Å². The molecule has 1 saturated carbocycles. The van der Waals surface area contributed by atoms with E-state index < -0.39 is 0 Å². The summed E-state index contributed by atoms with van der Waals surface area (Å²) in [5.74, 6) is 1.88. The summed E-state index contributed by atoms with van der Waals surface area (Å²) in [5, 5.41) is 8.70. The third kappa shape index (κ3) is 2.40. The van der Waals surface area contributed by atoms with Gasteiger partial charge in [0.05, 0.1) is 0 Å². The first kappa shape index (κ1) is 11.9. The monoisotopic (exact) mass is 241 g/mol. The van der Waals surface area contributed by atoms with Gasteiger partial charge in [-0.25, -0.2) is 0 Å². The summed E-state index contributed by atoms with van der Waals surface area (Å²) in [6, 6.07) is 0.516. The second-order valence-corrected chi connectivity index (χ2v) is 5.21. The minimum atomic E-state index is 0.516. The Morgan fingerprint density at radius 3 is 2.81 bits per heavy atom. The molecule has 1 heterocycles. The topological polar surface area (TPSA) is 30.7 Å². The maximum absolute atomic E-state index is 6.14. The van der Waals surface area contributed by atoms with Crippen LogP contribution in [-0.4, -0.2) is 14.8 Å². The van der Waals surface area contributed by atoms with Crippen molar-refractivity contribution in [2.75, 3.05) is 0 Å². The molecule has 3 nitrogen and oxygen atoms in total. The largest absolute Gasteiger partial charge is 0.299 e. The lowest BCUT2D eigenvalue weighted by Crippen LogP contribution is -2.12. The summed E-state index contributed by atoms with van der Waals surface area (Å²) in [5.41, 5.74) is 0. The Labute approximate surface area is 102 Å². The average molecular weight is 242 g/mol. The molecule has 1 aromatic heterocycles. The summed E-state index contributed by atoms with van der Waals surface area (Å²) in [6.07, 6.45) is 7.27. The fourth-order valence-corrected chi connectivity index (χ4v) is 2.90. The van der Waals surface area contributed by atoms with E-state index in [1.807, 2.05) is 0 Å². The van der Waals surface area contributed by atoms with Crippen LogP contribution >= 0.6 is 11.6 Å². The molecular weight excluding hydrogens is 222 g/mol. The van der Waals surface area contributed by atoms with E-state index in [0.717, 1.165) is 18.2 Å². The maximum atomic E-state index is 6.14. The lowest BCUT2D eigenvalue weighted by atomic mass is 10.0. The number of rotatable bonds is 2. The highest BCUT2D eigenvalue weighted by molar-refractivity contribution is 6.28.